The van der Waals surface area contributed by atoms with Crippen molar-refractivity contribution in [3.05, 3.63) is 64.7 Å². The van der Waals surface area contributed by atoms with Crippen LogP contribution in [0.5, 0.6) is 5.75 Å². The van der Waals surface area contributed by atoms with Gasteiger partial charge in [0.15, 0.2) is 0 Å². The zero-order chi connectivity index (χ0) is 13.8. The minimum absolute atomic E-state index is 0.0363. The van der Waals surface area contributed by atoms with Gasteiger partial charge in [-0.15, -0.1) is 0 Å². The molecule has 0 radical (unpaired) electrons. The highest BCUT2D eigenvalue weighted by atomic mass is 35.5. The number of benzene rings is 2. The van der Waals surface area contributed by atoms with Gasteiger partial charge in [0.25, 0.3) is 0 Å². The predicted molar refractivity (Wildman–Crippen MR) is 69.8 cm³/mol. The van der Waals surface area contributed by atoms with E-state index in [1.165, 1.54) is 18.2 Å². The average molecular weight is 277 g/mol. The van der Waals surface area contributed by atoms with Crippen LogP contribution in [-0.4, -0.2) is 17.0 Å². The Bertz CT molecular complexity index is 623. The highest BCUT2D eigenvalue weighted by Crippen LogP contribution is 2.23. The summed E-state index contributed by atoms with van der Waals surface area (Å²) >= 11 is 5.71. The van der Waals surface area contributed by atoms with Crippen molar-refractivity contribution < 1.29 is 19.4 Å². The summed E-state index contributed by atoms with van der Waals surface area (Å²) in [4.78, 5) is 22.9. The normalized spacial score (nSPS) is 9.95. The molecule has 0 fully saturated rings. The van der Waals surface area contributed by atoms with Crippen molar-refractivity contribution in [3.63, 3.8) is 0 Å². The first-order valence-corrected chi connectivity index (χ1v) is 5.76. The number of ether oxygens (including phenoxy) is 1. The smallest absolute Gasteiger partial charge is 0.343 e. The molecule has 19 heavy (non-hydrogen) atoms. The Morgan fingerprint density at radius 1 is 1.05 bits per heavy atom. The van der Waals surface area contributed by atoms with E-state index in [0.29, 0.717) is 5.56 Å². The summed E-state index contributed by atoms with van der Waals surface area (Å²) in [6.45, 7) is 0. The van der Waals surface area contributed by atoms with Gasteiger partial charge in [-0.2, -0.15) is 0 Å². The van der Waals surface area contributed by atoms with Crippen molar-refractivity contribution in [2.75, 3.05) is 0 Å². The largest absolute Gasteiger partial charge is 0.478 e. The van der Waals surface area contributed by atoms with E-state index in [0.717, 1.165) is 0 Å². The summed E-state index contributed by atoms with van der Waals surface area (Å²) in [6, 6.07) is 12.4. The van der Waals surface area contributed by atoms with Gasteiger partial charge in [-0.3, -0.25) is 0 Å². The lowest BCUT2D eigenvalue weighted by molar-refractivity contribution is 0.0681. The third kappa shape index (κ3) is 3.11. The molecule has 4 nitrogen and oxygen atoms in total. The summed E-state index contributed by atoms with van der Waals surface area (Å²) < 4.78 is 5.07. The van der Waals surface area contributed by atoms with Gasteiger partial charge in [-0.1, -0.05) is 29.8 Å². The third-order valence-corrected chi connectivity index (χ3v) is 2.62. The minimum Gasteiger partial charge on any atom is -0.478 e. The molecule has 5 heteroatoms. The summed E-state index contributed by atoms with van der Waals surface area (Å²) in [5.74, 6) is -1.87. The fraction of sp³-hybridized carbons (Fsp3) is 0. The molecule has 0 saturated carbocycles. The van der Waals surface area contributed by atoms with E-state index >= 15 is 0 Å². The molecule has 0 amide bonds. The van der Waals surface area contributed by atoms with Crippen LogP contribution in [0.25, 0.3) is 0 Å². The van der Waals surface area contributed by atoms with E-state index in [1.54, 1.807) is 30.3 Å². The van der Waals surface area contributed by atoms with E-state index in [-0.39, 0.29) is 16.3 Å². The quantitative estimate of drug-likeness (QED) is 0.690. The van der Waals surface area contributed by atoms with E-state index in [2.05, 4.69) is 0 Å². The minimum atomic E-state index is -1.21. The maximum absolute atomic E-state index is 11.8. The highest BCUT2D eigenvalue weighted by molar-refractivity contribution is 6.31. The molecule has 2 aromatic carbocycles. The molecule has 0 aromatic heterocycles. The van der Waals surface area contributed by atoms with Crippen LogP contribution in [0, 0.1) is 0 Å². The molecule has 2 rings (SSSR count). The van der Waals surface area contributed by atoms with Gasteiger partial charge < -0.3 is 9.84 Å². The van der Waals surface area contributed by atoms with Gasteiger partial charge in [0, 0.05) is 5.02 Å². The number of aromatic carboxylic acids is 1. The molecule has 0 aliphatic carbocycles. The molecule has 0 aliphatic heterocycles. The Morgan fingerprint density at radius 3 is 2.37 bits per heavy atom. The van der Waals surface area contributed by atoms with Crippen LogP contribution in [-0.2, 0) is 0 Å². The summed E-state index contributed by atoms with van der Waals surface area (Å²) in [5.41, 5.74) is 0.186. The zero-order valence-electron chi connectivity index (χ0n) is 9.67. The molecule has 0 spiro atoms. The van der Waals surface area contributed by atoms with Crippen molar-refractivity contribution in [2.24, 2.45) is 0 Å². The Balaban J connectivity index is 2.29. The van der Waals surface area contributed by atoms with Crippen LogP contribution in [0.3, 0.4) is 0 Å². The van der Waals surface area contributed by atoms with Crippen molar-refractivity contribution in [1.82, 2.24) is 0 Å². The van der Waals surface area contributed by atoms with E-state index in [9.17, 15) is 9.59 Å². The average Bonchev–Trinajstić information content (AvgIpc) is 2.41. The molecule has 0 unspecified atom stereocenters. The number of halogens is 1. The number of carboxylic acids is 1. The van der Waals surface area contributed by atoms with Gasteiger partial charge in [0.2, 0.25) is 0 Å². The van der Waals surface area contributed by atoms with Crippen molar-refractivity contribution >= 4 is 23.5 Å². The predicted octanol–water partition coefficient (Wildman–Crippen LogP) is 3.26. The molecule has 2 aromatic rings. The van der Waals surface area contributed by atoms with Crippen LogP contribution in [0.2, 0.25) is 5.02 Å². The molecule has 1 N–H and O–H groups in total. The number of hydrogen-bond acceptors (Lipinski definition) is 3. The lowest BCUT2D eigenvalue weighted by atomic mass is 10.2. The SMILES string of the molecule is O=C(Oc1ccc(Cl)cc1C(=O)O)c1ccccc1. The topological polar surface area (TPSA) is 63.6 Å². The molecule has 0 saturated heterocycles. The number of esters is 1. The third-order valence-electron chi connectivity index (χ3n) is 2.38. The van der Waals surface area contributed by atoms with E-state index in [1.807, 2.05) is 0 Å². The Kier molecular flexibility index (Phi) is 3.82. The molecule has 0 heterocycles. The first-order valence-electron chi connectivity index (χ1n) is 5.38. The van der Waals surface area contributed by atoms with Crippen molar-refractivity contribution in [1.29, 1.82) is 0 Å². The Morgan fingerprint density at radius 2 is 1.74 bits per heavy atom. The number of rotatable bonds is 3. The maximum atomic E-state index is 11.8. The van der Waals surface area contributed by atoms with Gasteiger partial charge in [0.05, 0.1) is 5.56 Å². The van der Waals surface area contributed by atoms with E-state index in [4.69, 9.17) is 21.4 Å². The lowest BCUT2D eigenvalue weighted by Crippen LogP contribution is -2.11. The van der Waals surface area contributed by atoms with Crippen LogP contribution >= 0.6 is 11.6 Å². The van der Waals surface area contributed by atoms with Crippen LogP contribution in [0.4, 0.5) is 0 Å². The number of carboxylic acid groups (broad SMARTS) is 1. The standard InChI is InChI=1S/C14H9ClO4/c15-10-6-7-12(11(8-10)13(16)17)19-14(18)9-4-2-1-3-5-9/h1-8H,(H,16,17). The van der Waals surface area contributed by atoms with Gasteiger partial charge in [-0.25, -0.2) is 9.59 Å². The second-order valence-corrected chi connectivity index (χ2v) is 4.14. The zero-order valence-corrected chi connectivity index (χ0v) is 10.4. The van der Waals surface area contributed by atoms with Gasteiger partial charge in [-0.05, 0) is 30.3 Å². The number of hydrogen-bond donors (Lipinski definition) is 1. The summed E-state index contributed by atoms with van der Waals surface area (Å²) in [7, 11) is 0. The fourth-order valence-electron chi connectivity index (χ4n) is 1.49. The second kappa shape index (κ2) is 5.54. The second-order valence-electron chi connectivity index (χ2n) is 3.70. The van der Waals surface area contributed by atoms with Crippen molar-refractivity contribution in [2.45, 2.75) is 0 Å². The molecular weight excluding hydrogens is 268 g/mol. The Hall–Kier alpha value is -2.33. The monoisotopic (exact) mass is 276 g/mol. The first kappa shape index (κ1) is 13.1. The highest BCUT2D eigenvalue weighted by Gasteiger charge is 2.16. The number of carbonyl (C=O) groups is 2. The summed E-state index contributed by atoms with van der Waals surface area (Å²) in [6.07, 6.45) is 0. The van der Waals surface area contributed by atoms with Crippen LogP contribution in [0.15, 0.2) is 48.5 Å². The van der Waals surface area contributed by atoms with Crippen LogP contribution in [0.1, 0.15) is 20.7 Å². The van der Waals surface area contributed by atoms with Gasteiger partial charge >= 0.3 is 11.9 Å². The summed E-state index contributed by atoms with van der Waals surface area (Å²) in [5, 5.41) is 9.28. The lowest BCUT2D eigenvalue weighted by Gasteiger charge is -2.07. The molecule has 0 atom stereocenters. The molecule has 0 bridgehead atoms. The molecular formula is C14H9ClO4. The Labute approximate surface area is 114 Å². The van der Waals surface area contributed by atoms with Gasteiger partial charge in [0.1, 0.15) is 11.3 Å². The first-order chi connectivity index (χ1) is 9.08. The number of carbonyl (C=O) groups excluding carboxylic acids is 1. The molecule has 96 valence electrons. The van der Waals surface area contributed by atoms with Crippen molar-refractivity contribution in [3.8, 4) is 5.75 Å². The molecule has 0 aliphatic rings. The fourth-order valence-corrected chi connectivity index (χ4v) is 1.66. The maximum Gasteiger partial charge on any atom is 0.343 e. The van der Waals surface area contributed by atoms with Crippen LogP contribution < -0.4 is 4.74 Å². The van der Waals surface area contributed by atoms with E-state index < -0.39 is 11.9 Å².